The van der Waals surface area contributed by atoms with E-state index in [1.54, 1.807) is 10.7 Å². The summed E-state index contributed by atoms with van der Waals surface area (Å²) in [5.41, 5.74) is 3.44. The minimum absolute atomic E-state index is 0.828. The van der Waals surface area contributed by atoms with Gasteiger partial charge in [0, 0.05) is 6.20 Å². The molecule has 0 fully saturated rings. The molecule has 0 aliphatic rings. The lowest BCUT2D eigenvalue weighted by Crippen LogP contribution is -1.95. The molecule has 3 aromatic heterocycles. The maximum atomic E-state index is 4.51. The maximum Gasteiger partial charge on any atom is 0.155 e. The molecule has 0 spiro atoms. The molecule has 4 nitrogen and oxygen atoms in total. The molecule has 0 saturated heterocycles. The average Bonchev–Trinajstić information content (AvgIpc) is 2.66. The quantitative estimate of drug-likeness (QED) is 0.692. The minimum Gasteiger partial charge on any atom is -0.255 e. The molecule has 0 unspecified atom stereocenters. The summed E-state index contributed by atoms with van der Waals surface area (Å²) >= 11 is 3.48. The predicted molar refractivity (Wildman–Crippen MR) is 68.7 cm³/mol. The van der Waals surface area contributed by atoms with Crippen LogP contribution in [0.1, 0.15) is 5.69 Å². The minimum atomic E-state index is 0.828. The number of aryl methyl sites for hydroxylation is 1. The molecular weight excluding hydrogens is 280 g/mol. The third kappa shape index (κ3) is 1.72. The van der Waals surface area contributed by atoms with E-state index in [1.807, 2.05) is 37.3 Å². The fourth-order valence-corrected chi connectivity index (χ4v) is 2.02. The van der Waals surface area contributed by atoms with Crippen LogP contribution in [0.15, 0.2) is 41.1 Å². The lowest BCUT2D eigenvalue weighted by atomic mass is 10.2. The Kier molecular flexibility index (Phi) is 2.40. The van der Waals surface area contributed by atoms with Crippen molar-refractivity contribution >= 4 is 21.6 Å². The van der Waals surface area contributed by atoms with Crippen molar-refractivity contribution in [1.29, 1.82) is 0 Å². The van der Waals surface area contributed by atoms with E-state index in [9.17, 15) is 0 Å². The molecule has 3 rings (SSSR count). The number of imidazole rings is 1. The van der Waals surface area contributed by atoms with Gasteiger partial charge < -0.3 is 0 Å². The van der Waals surface area contributed by atoms with Crippen molar-refractivity contribution in [2.45, 2.75) is 6.92 Å². The third-order valence-electron chi connectivity index (χ3n) is 2.51. The average molecular weight is 289 g/mol. The number of nitrogens with zero attached hydrogens (tertiary/aromatic N) is 4. The van der Waals surface area contributed by atoms with Gasteiger partial charge in [-0.25, -0.2) is 9.50 Å². The van der Waals surface area contributed by atoms with E-state index < -0.39 is 0 Å². The highest BCUT2D eigenvalue weighted by atomic mass is 79.9. The van der Waals surface area contributed by atoms with Gasteiger partial charge in [-0.05, 0) is 47.1 Å². The predicted octanol–water partition coefficient (Wildman–Crippen LogP) is 2.86. The molecule has 84 valence electrons. The van der Waals surface area contributed by atoms with Crippen molar-refractivity contribution in [2.75, 3.05) is 0 Å². The number of hydrogen-bond donors (Lipinski definition) is 0. The van der Waals surface area contributed by atoms with E-state index in [1.165, 1.54) is 0 Å². The summed E-state index contributed by atoms with van der Waals surface area (Å²) in [5.74, 6) is 0. The van der Waals surface area contributed by atoms with E-state index in [0.29, 0.717) is 0 Å². The SMILES string of the molecule is Cc1nc2ccc(-c3ccccn3)nn2c1Br. The number of halogens is 1. The summed E-state index contributed by atoms with van der Waals surface area (Å²) in [5, 5.41) is 4.51. The van der Waals surface area contributed by atoms with Gasteiger partial charge in [-0.1, -0.05) is 6.07 Å². The van der Waals surface area contributed by atoms with Crippen LogP contribution < -0.4 is 0 Å². The van der Waals surface area contributed by atoms with Gasteiger partial charge in [0.15, 0.2) is 5.65 Å². The standard InChI is InChI=1S/C12H9BrN4/c1-8-12(13)17-11(15-8)6-5-10(16-17)9-4-2-3-7-14-9/h2-7H,1H3. The molecule has 0 N–H and O–H groups in total. The highest BCUT2D eigenvalue weighted by Gasteiger charge is 2.08. The Bertz CT molecular complexity index is 676. The summed E-state index contributed by atoms with van der Waals surface area (Å²) in [4.78, 5) is 8.66. The van der Waals surface area contributed by atoms with Crippen molar-refractivity contribution in [3.63, 3.8) is 0 Å². The van der Waals surface area contributed by atoms with E-state index in [0.717, 1.165) is 27.3 Å². The van der Waals surface area contributed by atoms with Gasteiger partial charge >= 0.3 is 0 Å². The summed E-state index contributed by atoms with van der Waals surface area (Å²) in [6.07, 6.45) is 1.76. The van der Waals surface area contributed by atoms with Gasteiger partial charge in [0.2, 0.25) is 0 Å². The zero-order chi connectivity index (χ0) is 11.8. The van der Waals surface area contributed by atoms with Crippen LogP contribution in [0.2, 0.25) is 0 Å². The van der Waals surface area contributed by atoms with E-state index in [-0.39, 0.29) is 0 Å². The Hall–Kier alpha value is -1.75. The lowest BCUT2D eigenvalue weighted by molar-refractivity contribution is 0.915. The molecular formula is C12H9BrN4. The first-order valence-electron chi connectivity index (χ1n) is 5.19. The first-order chi connectivity index (χ1) is 8.25. The normalized spacial score (nSPS) is 10.9. The number of rotatable bonds is 1. The van der Waals surface area contributed by atoms with E-state index in [4.69, 9.17) is 0 Å². The van der Waals surface area contributed by atoms with Gasteiger partial charge in [0.1, 0.15) is 10.3 Å². The van der Waals surface area contributed by atoms with Gasteiger partial charge in [0.05, 0.1) is 11.4 Å². The fourth-order valence-electron chi connectivity index (χ4n) is 1.67. The van der Waals surface area contributed by atoms with Crippen LogP contribution in [-0.4, -0.2) is 19.6 Å². The second-order valence-corrected chi connectivity index (χ2v) is 4.44. The molecule has 3 aromatic rings. The largest absolute Gasteiger partial charge is 0.255 e. The van der Waals surface area contributed by atoms with Crippen LogP contribution in [0.5, 0.6) is 0 Å². The highest BCUT2D eigenvalue weighted by Crippen LogP contribution is 2.20. The number of pyridine rings is 1. The fraction of sp³-hybridized carbons (Fsp3) is 0.0833. The second-order valence-electron chi connectivity index (χ2n) is 3.69. The van der Waals surface area contributed by atoms with Gasteiger partial charge in [0.25, 0.3) is 0 Å². The second kappa shape index (κ2) is 3.92. The summed E-state index contributed by atoms with van der Waals surface area (Å²) in [6, 6.07) is 9.64. The molecule has 5 heteroatoms. The summed E-state index contributed by atoms with van der Waals surface area (Å²) in [6.45, 7) is 1.94. The molecule has 0 atom stereocenters. The van der Waals surface area contributed by atoms with Crippen molar-refractivity contribution in [1.82, 2.24) is 19.6 Å². The molecule has 0 saturated carbocycles. The smallest absolute Gasteiger partial charge is 0.155 e. The van der Waals surface area contributed by atoms with Crippen LogP contribution in [0, 0.1) is 6.92 Å². The van der Waals surface area contributed by atoms with E-state index in [2.05, 4.69) is 31.0 Å². The van der Waals surface area contributed by atoms with Gasteiger partial charge in [-0.3, -0.25) is 4.98 Å². The molecule has 0 bridgehead atoms. The van der Waals surface area contributed by atoms with Crippen molar-refractivity contribution in [3.8, 4) is 11.4 Å². The van der Waals surface area contributed by atoms with Crippen LogP contribution in [0.4, 0.5) is 0 Å². The summed E-state index contributed by atoms with van der Waals surface area (Å²) in [7, 11) is 0. The first-order valence-corrected chi connectivity index (χ1v) is 5.98. The molecule has 0 aromatic carbocycles. The molecule has 0 amide bonds. The molecule has 17 heavy (non-hydrogen) atoms. The monoisotopic (exact) mass is 288 g/mol. The van der Waals surface area contributed by atoms with Gasteiger partial charge in [-0.2, -0.15) is 5.10 Å². The lowest BCUT2D eigenvalue weighted by Gasteiger charge is -2.00. The van der Waals surface area contributed by atoms with Crippen molar-refractivity contribution < 1.29 is 0 Å². The highest BCUT2D eigenvalue weighted by molar-refractivity contribution is 9.10. The zero-order valence-electron chi connectivity index (χ0n) is 9.13. The van der Waals surface area contributed by atoms with E-state index >= 15 is 0 Å². The number of aromatic nitrogens is 4. The van der Waals surface area contributed by atoms with Gasteiger partial charge in [-0.15, -0.1) is 0 Å². The van der Waals surface area contributed by atoms with Crippen LogP contribution >= 0.6 is 15.9 Å². The Labute approximate surface area is 106 Å². The third-order valence-corrected chi connectivity index (χ3v) is 3.42. The van der Waals surface area contributed by atoms with Crippen LogP contribution in [0.25, 0.3) is 17.0 Å². The number of hydrogen-bond acceptors (Lipinski definition) is 3. The first kappa shape index (κ1) is 10.4. The van der Waals surface area contributed by atoms with Crippen molar-refractivity contribution in [3.05, 3.63) is 46.8 Å². The molecule has 0 radical (unpaired) electrons. The Morgan fingerprint density at radius 3 is 2.76 bits per heavy atom. The Morgan fingerprint density at radius 1 is 1.12 bits per heavy atom. The van der Waals surface area contributed by atoms with Crippen molar-refractivity contribution in [2.24, 2.45) is 0 Å². The zero-order valence-corrected chi connectivity index (χ0v) is 10.7. The summed E-state index contributed by atoms with van der Waals surface area (Å²) < 4.78 is 2.66. The van der Waals surface area contributed by atoms with Crippen LogP contribution in [-0.2, 0) is 0 Å². The number of fused-ring (bicyclic) bond motifs is 1. The Morgan fingerprint density at radius 2 is 2.00 bits per heavy atom. The Balaban J connectivity index is 2.23. The maximum absolute atomic E-state index is 4.51. The molecule has 0 aliphatic carbocycles. The van der Waals surface area contributed by atoms with Crippen LogP contribution in [0.3, 0.4) is 0 Å². The molecule has 0 aliphatic heterocycles. The topological polar surface area (TPSA) is 43.1 Å². The molecule has 3 heterocycles.